The second kappa shape index (κ2) is 8.78. The Balaban J connectivity index is 1.22. The molecule has 5 heterocycles. The van der Waals surface area contributed by atoms with Crippen molar-refractivity contribution in [3.8, 4) is 0 Å². The van der Waals surface area contributed by atoms with Crippen LogP contribution >= 0.6 is 11.8 Å². The van der Waals surface area contributed by atoms with Crippen LogP contribution in [0.4, 0.5) is 4.39 Å². The van der Waals surface area contributed by atoms with E-state index in [1.54, 1.807) is 30.2 Å². The number of halogens is 1. The van der Waals surface area contributed by atoms with Crippen LogP contribution in [0.15, 0.2) is 40.1 Å². The second-order valence-corrected chi connectivity index (χ2v) is 10.3. The molecule has 1 fully saturated rings. The summed E-state index contributed by atoms with van der Waals surface area (Å²) in [5.74, 6) is 1.62. The number of hydrogen-bond donors (Lipinski definition) is 0. The summed E-state index contributed by atoms with van der Waals surface area (Å²) in [5, 5.41) is 5.27. The number of likely N-dealkylation sites (tertiary alicyclic amines) is 1. The first-order valence-corrected chi connectivity index (χ1v) is 12.9. The van der Waals surface area contributed by atoms with Crippen molar-refractivity contribution in [1.82, 2.24) is 29.2 Å². The van der Waals surface area contributed by atoms with Crippen molar-refractivity contribution in [2.45, 2.75) is 50.9 Å². The first-order chi connectivity index (χ1) is 16.6. The zero-order valence-electron chi connectivity index (χ0n) is 19.3. The molecular formula is C25H27FN6OS. The monoisotopic (exact) mass is 478 g/mol. The molecule has 3 aliphatic heterocycles. The first kappa shape index (κ1) is 21.7. The molecule has 3 aliphatic rings. The third-order valence-corrected chi connectivity index (χ3v) is 8.20. The largest absolute Gasteiger partial charge is 0.302 e. The Morgan fingerprint density at radius 1 is 1.12 bits per heavy atom. The predicted octanol–water partition coefficient (Wildman–Crippen LogP) is 3.08. The molecule has 0 amide bonds. The molecule has 0 spiro atoms. The highest BCUT2D eigenvalue weighted by atomic mass is 32.2. The molecule has 0 bridgehead atoms. The molecule has 0 aliphatic carbocycles. The molecule has 0 atom stereocenters. The lowest BCUT2D eigenvalue weighted by Crippen LogP contribution is -2.35. The second-order valence-electron chi connectivity index (χ2n) is 9.19. The number of thioether (sulfide) groups is 1. The van der Waals surface area contributed by atoms with E-state index in [2.05, 4.69) is 20.0 Å². The van der Waals surface area contributed by atoms with Gasteiger partial charge in [0.05, 0.1) is 0 Å². The Bertz CT molecular complexity index is 1350. The van der Waals surface area contributed by atoms with Crippen LogP contribution in [0.25, 0.3) is 5.57 Å². The van der Waals surface area contributed by atoms with Gasteiger partial charge in [0.15, 0.2) is 11.0 Å². The van der Waals surface area contributed by atoms with Gasteiger partial charge in [-0.05, 0) is 55.9 Å². The topological polar surface area (TPSA) is 68.8 Å². The Morgan fingerprint density at radius 3 is 2.82 bits per heavy atom. The molecule has 34 heavy (non-hydrogen) atoms. The van der Waals surface area contributed by atoms with E-state index in [-0.39, 0.29) is 11.4 Å². The van der Waals surface area contributed by atoms with Crippen molar-refractivity contribution in [3.05, 3.63) is 74.5 Å². The Kier molecular flexibility index (Phi) is 5.61. The fraction of sp³-hybridized carbons (Fsp3) is 0.440. The molecule has 0 N–H and O–H groups in total. The van der Waals surface area contributed by atoms with Crippen LogP contribution in [-0.4, -0.2) is 54.6 Å². The van der Waals surface area contributed by atoms with Crippen LogP contribution < -0.4 is 5.56 Å². The summed E-state index contributed by atoms with van der Waals surface area (Å²) in [7, 11) is 0. The summed E-state index contributed by atoms with van der Waals surface area (Å²) in [6.07, 6.45) is 4.94. The summed E-state index contributed by atoms with van der Waals surface area (Å²) in [5.41, 5.74) is 6.44. The zero-order chi connectivity index (χ0) is 23.2. The molecule has 6 rings (SSSR count). The van der Waals surface area contributed by atoms with E-state index in [0.717, 1.165) is 96.6 Å². The average molecular weight is 479 g/mol. The van der Waals surface area contributed by atoms with Gasteiger partial charge in [-0.2, -0.15) is 5.10 Å². The first-order valence-electron chi connectivity index (χ1n) is 11.9. The number of benzene rings is 1. The molecule has 0 saturated carbocycles. The molecule has 1 saturated heterocycles. The third kappa shape index (κ3) is 3.80. The van der Waals surface area contributed by atoms with Crippen LogP contribution in [0.3, 0.4) is 0 Å². The highest BCUT2D eigenvalue weighted by molar-refractivity contribution is 7.99. The molecule has 0 radical (unpaired) electrons. The maximum atomic E-state index is 14.0. The van der Waals surface area contributed by atoms with Crippen molar-refractivity contribution in [2.24, 2.45) is 0 Å². The number of piperidine rings is 1. The molecule has 3 aromatic rings. The maximum Gasteiger partial charge on any atom is 0.257 e. The van der Waals surface area contributed by atoms with Crippen molar-refractivity contribution < 1.29 is 4.39 Å². The molecule has 1 aromatic carbocycles. The molecule has 0 unspecified atom stereocenters. The highest BCUT2D eigenvalue weighted by Crippen LogP contribution is 2.35. The number of hydrogen-bond acceptors (Lipinski definition) is 6. The van der Waals surface area contributed by atoms with Gasteiger partial charge in [-0.25, -0.2) is 19.0 Å². The van der Waals surface area contributed by atoms with E-state index in [1.165, 1.54) is 5.57 Å². The number of nitrogens with zero attached hydrogens (tertiary/aromatic N) is 6. The number of fused-ring (bicyclic) bond motifs is 3. The Labute approximate surface area is 201 Å². The number of rotatable bonds is 3. The van der Waals surface area contributed by atoms with Crippen LogP contribution in [0.1, 0.15) is 41.1 Å². The van der Waals surface area contributed by atoms with Gasteiger partial charge >= 0.3 is 0 Å². The predicted molar refractivity (Wildman–Crippen MR) is 129 cm³/mol. The maximum absolute atomic E-state index is 14.0. The van der Waals surface area contributed by atoms with Gasteiger partial charge in [0.25, 0.3) is 5.56 Å². The summed E-state index contributed by atoms with van der Waals surface area (Å²) >= 11 is 1.66. The van der Waals surface area contributed by atoms with Gasteiger partial charge in [-0.3, -0.25) is 9.36 Å². The fourth-order valence-corrected chi connectivity index (χ4v) is 6.38. The van der Waals surface area contributed by atoms with E-state index in [9.17, 15) is 9.18 Å². The van der Waals surface area contributed by atoms with E-state index in [1.807, 2.05) is 22.2 Å². The fourth-order valence-electron chi connectivity index (χ4n) is 5.40. The number of aryl methyl sites for hydroxylation is 3. The van der Waals surface area contributed by atoms with E-state index < -0.39 is 0 Å². The molecule has 176 valence electrons. The minimum atomic E-state index is -0.198. The van der Waals surface area contributed by atoms with Crippen LogP contribution in [0, 0.1) is 12.7 Å². The average Bonchev–Trinajstić information content (AvgIpc) is 3.47. The quantitative estimate of drug-likeness (QED) is 0.539. The number of aromatic nitrogens is 5. The lowest BCUT2D eigenvalue weighted by atomic mass is 9.89. The summed E-state index contributed by atoms with van der Waals surface area (Å²) in [6, 6.07) is 5.10. The lowest BCUT2D eigenvalue weighted by Gasteiger charge is -2.30. The van der Waals surface area contributed by atoms with Crippen molar-refractivity contribution in [3.63, 3.8) is 0 Å². The van der Waals surface area contributed by atoms with E-state index in [4.69, 9.17) is 0 Å². The smallest absolute Gasteiger partial charge is 0.257 e. The van der Waals surface area contributed by atoms with Gasteiger partial charge in [0.1, 0.15) is 12.1 Å². The molecule has 9 heteroatoms. The van der Waals surface area contributed by atoms with Crippen LogP contribution in [0.2, 0.25) is 0 Å². The van der Waals surface area contributed by atoms with Crippen LogP contribution in [0.5, 0.6) is 0 Å². The SMILES string of the molecule is Cc1nc2n(c(=O)c1CCN1CCC(=C3c4ccc(F)cc4CCn4ncnc43)CC1)CCS2. The normalized spacial score (nSPS) is 17.9. The van der Waals surface area contributed by atoms with Crippen molar-refractivity contribution in [1.29, 1.82) is 0 Å². The minimum Gasteiger partial charge on any atom is -0.302 e. The summed E-state index contributed by atoms with van der Waals surface area (Å²) in [6.45, 7) is 6.13. The standard InChI is InChI=1S/C25H27FN6OS/c1-16-20(24(33)31-12-13-34-25(31)29-16)7-10-30-8-4-17(5-9-30)22-21-3-2-19(26)14-18(21)6-11-32-23(22)27-15-28-32/h2-3,14-15H,4-13H2,1H3. The van der Waals surface area contributed by atoms with Gasteiger partial charge in [0, 0.05) is 55.3 Å². The van der Waals surface area contributed by atoms with E-state index in [0.29, 0.717) is 6.54 Å². The zero-order valence-corrected chi connectivity index (χ0v) is 20.1. The highest BCUT2D eigenvalue weighted by Gasteiger charge is 2.26. The Morgan fingerprint density at radius 2 is 1.97 bits per heavy atom. The molecule has 7 nitrogen and oxygen atoms in total. The van der Waals surface area contributed by atoms with Crippen LogP contribution in [-0.2, 0) is 25.9 Å². The Hall–Kier alpha value is -2.78. The molecular weight excluding hydrogens is 451 g/mol. The van der Waals surface area contributed by atoms with Gasteiger partial charge in [0.2, 0.25) is 0 Å². The van der Waals surface area contributed by atoms with Crippen molar-refractivity contribution >= 4 is 17.3 Å². The minimum absolute atomic E-state index is 0.133. The summed E-state index contributed by atoms with van der Waals surface area (Å²) < 4.78 is 17.7. The van der Waals surface area contributed by atoms with Crippen molar-refractivity contribution in [2.75, 3.05) is 25.4 Å². The lowest BCUT2D eigenvalue weighted by molar-refractivity contribution is 0.259. The van der Waals surface area contributed by atoms with Gasteiger partial charge in [-0.1, -0.05) is 23.4 Å². The summed E-state index contributed by atoms with van der Waals surface area (Å²) in [4.78, 5) is 24.6. The van der Waals surface area contributed by atoms with E-state index >= 15 is 0 Å². The third-order valence-electron chi connectivity index (χ3n) is 7.24. The van der Waals surface area contributed by atoms with Gasteiger partial charge in [-0.15, -0.1) is 0 Å². The molecule has 2 aromatic heterocycles. The van der Waals surface area contributed by atoms with Gasteiger partial charge < -0.3 is 4.90 Å².